The van der Waals surface area contributed by atoms with Gasteiger partial charge in [0.05, 0.1) is 30.5 Å². The van der Waals surface area contributed by atoms with E-state index in [2.05, 4.69) is 38.0 Å². The minimum atomic E-state index is -0.365. The van der Waals surface area contributed by atoms with Gasteiger partial charge in [0.1, 0.15) is 0 Å². The van der Waals surface area contributed by atoms with Crippen LogP contribution >= 0.6 is 12.2 Å². The number of methoxy groups -OCH3 is 1. The van der Waals surface area contributed by atoms with E-state index >= 15 is 0 Å². The Kier molecular flexibility index (Phi) is 6.10. The first kappa shape index (κ1) is 21.9. The van der Waals surface area contributed by atoms with Crippen molar-refractivity contribution < 1.29 is 9.53 Å². The summed E-state index contributed by atoms with van der Waals surface area (Å²) in [4.78, 5) is 19.0. The van der Waals surface area contributed by atoms with Crippen molar-refractivity contribution in [3.8, 4) is 5.69 Å². The van der Waals surface area contributed by atoms with E-state index in [1.165, 1.54) is 12.7 Å². The van der Waals surface area contributed by atoms with E-state index in [9.17, 15) is 4.79 Å². The maximum absolute atomic E-state index is 12.1. The van der Waals surface area contributed by atoms with Crippen LogP contribution in [0.1, 0.15) is 39.4 Å². The predicted molar refractivity (Wildman–Crippen MR) is 135 cm³/mol. The number of carbonyl (C=O) groups excluding carboxylic acids is 1. The summed E-state index contributed by atoms with van der Waals surface area (Å²) in [5.41, 5.74) is 4.51. The minimum Gasteiger partial charge on any atom is -0.465 e. The fourth-order valence-electron chi connectivity index (χ4n) is 4.45. The molecule has 34 heavy (non-hydrogen) atoms. The van der Waals surface area contributed by atoms with E-state index < -0.39 is 0 Å². The van der Waals surface area contributed by atoms with Gasteiger partial charge >= 0.3 is 5.97 Å². The number of ether oxygens (including phenoxy) is 1. The Morgan fingerprint density at radius 2 is 1.85 bits per heavy atom. The second kappa shape index (κ2) is 9.49. The molecule has 0 radical (unpaired) electrons. The van der Waals surface area contributed by atoms with E-state index in [0.717, 1.165) is 17.1 Å². The van der Waals surface area contributed by atoms with Crippen molar-refractivity contribution in [1.82, 2.24) is 19.8 Å². The van der Waals surface area contributed by atoms with Crippen LogP contribution in [0.2, 0.25) is 0 Å². The lowest BCUT2D eigenvalue weighted by molar-refractivity contribution is 0.0600. The van der Waals surface area contributed by atoms with Crippen molar-refractivity contribution >= 4 is 23.3 Å². The number of esters is 1. The Bertz CT molecular complexity index is 1310. The van der Waals surface area contributed by atoms with Gasteiger partial charge < -0.3 is 19.5 Å². The van der Waals surface area contributed by atoms with Gasteiger partial charge in [-0.15, -0.1) is 0 Å². The molecule has 0 aliphatic carbocycles. The molecule has 1 saturated heterocycles. The van der Waals surface area contributed by atoms with Crippen molar-refractivity contribution in [2.45, 2.75) is 18.6 Å². The third kappa shape index (κ3) is 4.18. The number of aromatic nitrogens is 2. The summed E-state index contributed by atoms with van der Waals surface area (Å²) in [6, 6.07) is 27.5. The monoisotopic (exact) mass is 468 g/mol. The van der Waals surface area contributed by atoms with E-state index in [4.69, 9.17) is 17.0 Å². The largest absolute Gasteiger partial charge is 0.465 e. The molecule has 3 heterocycles. The molecule has 6 nitrogen and oxygen atoms in total. The highest BCUT2D eigenvalue weighted by Gasteiger charge is 2.41. The first-order valence-electron chi connectivity index (χ1n) is 11.0. The summed E-state index contributed by atoms with van der Waals surface area (Å²) in [5, 5.41) is 4.18. The average Bonchev–Trinajstić information content (AvgIpc) is 3.49. The van der Waals surface area contributed by atoms with Crippen molar-refractivity contribution in [2.75, 3.05) is 7.11 Å². The van der Waals surface area contributed by atoms with Gasteiger partial charge in [-0.2, -0.15) is 0 Å². The summed E-state index contributed by atoms with van der Waals surface area (Å²) in [6.45, 7) is 0.661. The van der Waals surface area contributed by atoms with E-state index in [0.29, 0.717) is 17.2 Å². The smallest absolute Gasteiger partial charge is 0.337 e. The molecule has 2 aromatic heterocycles. The molecule has 5 rings (SSSR count). The molecule has 0 spiro atoms. The highest BCUT2D eigenvalue weighted by atomic mass is 32.1. The molecule has 1 N–H and O–H groups in total. The van der Waals surface area contributed by atoms with Gasteiger partial charge in [-0.05, 0) is 60.2 Å². The zero-order valence-corrected chi connectivity index (χ0v) is 19.5. The highest BCUT2D eigenvalue weighted by Crippen LogP contribution is 2.40. The summed E-state index contributed by atoms with van der Waals surface area (Å²) in [5.74, 6) is -0.365. The van der Waals surface area contributed by atoms with Gasteiger partial charge in [-0.3, -0.25) is 4.98 Å². The van der Waals surface area contributed by atoms with Gasteiger partial charge in [-0.1, -0.05) is 42.5 Å². The van der Waals surface area contributed by atoms with Crippen molar-refractivity contribution in [2.24, 2.45) is 0 Å². The van der Waals surface area contributed by atoms with Gasteiger partial charge in [0, 0.05) is 30.3 Å². The number of hydrogen-bond acceptors (Lipinski definition) is 4. The van der Waals surface area contributed by atoms with Crippen LogP contribution in [0, 0.1) is 0 Å². The zero-order valence-electron chi connectivity index (χ0n) is 18.7. The number of carbonyl (C=O) groups is 1. The van der Waals surface area contributed by atoms with Gasteiger partial charge in [0.2, 0.25) is 0 Å². The van der Waals surface area contributed by atoms with Gasteiger partial charge in [0.25, 0.3) is 0 Å². The van der Waals surface area contributed by atoms with Gasteiger partial charge in [-0.25, -0.2) is 4.79 Å². The molecule has 2 atom stereocenters. The summed E-state index contributed by atoms with van der Waals surface area (Å²) in [7, 11) is 1.39. The number of rotatable bonds is 6. The first-order chi connectivity index (χ1) is 16.7. The minimum absolute atomic E-state index is 0.112. The van der Waals surface area contributed by atoms with Crippen LogP contribution in [0.25, 0.3) is 5.69 Å². The number of thiocarbonyl (C=S) groups is 1. The van der Waals surface area contributed by atoms with E-state index in [1.807, 2.05) is 66.9 Å². The molecule has 0 unspecified atom stereocenters. The molecule has 1 aliphatic rings. The SMILES string of the molecule is COC(=O)c1cccc(-n2cccc2[C@H]2[C@@H](c3ccccn3)NC(=S)N2Cc2ccccc2)c1. The Morgan fingerprint density at radius 3 is 2.62 bits per heavy atom. The summed E-state index contributed by atoms with van der Waals surface area (Å²) in [6.07, 6.45) is 3.80. The molecular weight excluding hydrogens is 444 g/mol. The van der Waals surface area contributed by atoms with Crippen LogP contribution in [0.15, 0.2) is 97.3 Å². The van der Waals surface area contributed by atoms with Crippen LogP contribution < -0.4 is 5.32 Å². The number of hydrogen-bond donors (Lipinski definition) is 1. The molecule has 170 valence electrons. The molecule has 1 fully saturated rings. The fourth-order valence-corrected chi connectivity index (χ4v) is 4.75. The lowest BCUT2D eigenvalue weighted by Crippen LogP contribution is -2.30. The summed E-state index contributed by atoms with van der Waals surface area (Å²) >= 11 is 5.81. The molecule has 2 aromatic carbocycles. The normalized spacial score (nSPS) is 17.4. The van der Waals surface area contributed by atoms with Crippen LogP contribution in [0.5, 0.6) is 0 Å². The predicted octanol–water partition coefficient (Wildman–Crippen LogP) is 4.83. The number of pyridine rings is 1. The van der Waals surface area contributed by atoms with Crippen LogP contribution in [-0.4, -0.2) is 32.6 Å². The third-order valence-corrected chi connectivity index (χ3v) is 6.37. The fraction of sp³-hybridized carbons (Fsp3) is 0.148. The second-order valence-electron chi connectivity index (χ2n) is 8.09. The van der Waals surface area contributed by atoms with Crippen LogP contribution in [0.4, 0.5) is 0 Å². The van der Waals surface area contributed by atoms with Crippen molar-refractivity contribution in [3.05, 3.63) is 120 Å². The van der Waals surface area contributed by atoms with Crippen LogP contribution in [0.3, 0.4) is 0 Å². The highest BCUT2D eigenvalue weighted by molar-refractivity contribution is 7.80. The molecule has 4 aromatic rings. The molecular formula is C27H24N4O2S. The third-order valence-electron chi connectivity index (χ3n) is 6.02. The Hall–Kier alpha value is -3.97. The Balaban J connectivity index is 1.59. The number of nitrogens with one attached hydrogen (secondary N) is 1. The molecule has 0 bridgehead atoms. The molecule has 0 amide bonds. The number of benzene rings is 2. The standard InChI is InChI=1S/C27H24N4O2S/c1-33-26(32)20-11-7-12-21(17-20)30-16-8-14-23(30)25-24(22-13-5-6-15-28-22)29-27(34)31(25)18-19-9-3-2-4-10-19/h2-17,24-25H,18H2,1H3,(H,29,34)/t24-,25+/m1/s1. The van der Waals surface area contributed by atoms with E-state index in [1.54, 1.807) is 12.3 Å². The first-order valence-corrected chi connectivity index (χ1v) is 11.4. The number of nitrogens with zero attached hydrogens (tertiary/aromatic N) is 3. The van der Waals surface area contributed by atoms with Crippen LogP contribution in [-0.2, 0) is 11.3 Å². The Labute approximate surface area is 203 Å². The van der Waals surface area contributed by atoms with E-state index in [-0.39, 0.29) is 18.1 Å². The maximum atomic E-state index is 12.1. The zero-order chi connectivity index (χ0) is 23.5. The quantitative estimate of drug-likeness (QED) is 0.323. The lowest BCUT2D eigenvalue weighted by atomic mass is 10.0. The average molecular weight is 469 g/mol. The molecule has 1 aliphatic heterocycles. The topological polar surface area (TPSA) is 59.4 Å². The Morgan fingerprint density at radius 1 is 1.03 bits per heavy atom. The molecule has 0 saturated carbocycles. The second-order valence-corrected chi connectivity index (χ2v) is 8.47. The molecule has 7 heteroatoms. The maximum Gasteiger partial charge on any atom is 0.337 e. The lowest BCUT2D eigenvalue weighted by Gasteiger charge is -2.29. The van der Waals surface area contributed by atoms with Crippen molar-refractivity contribution in [3.63, 3.8) is 0 Å². The summed E-state index contributed by atoms with van der Waals surface area (Å²) < 4.78 is 7.02. The van der Waals surface area contributed by atoms with Crippen molar-refractivity contribution in [1.29, 1.82) is 0 Å². The van der Waals surface area contributed by atoms with Gasteiger partial charge in [0.15, 0.2) is 5.11 Å².